The fourth-order valence-corrected chi connectivity index (χ4v) is 2.75. The Labute approximate surface area is 116 Å². The minimum atomic E-state index is -0.394. The lowest BCUT2D eigenvalue weighted by molar-refractivity contribution is -0.383. The predicted molar refractivity (Wildman–Crippen MR) is 74.5 cm³/mol. The van der Waals surface area contributed by atoms with E-state index in [0.29, 0.717) is 11.0 Å². The van der Waals surface area contributed by atoms with Crippen LogP contribution in [0.3, 0.4) is 0 Å². The molecular formula is C13H17N5O2. The summed E-state index contributed by atoms with van der Waals surface area (Å²) in [6.07, 6.45) is 8.33. The van der Waals surface area contributed by atoms with Crippen LogP contribution in [0.2, 0.25) is 0 Å². The van der Waals surface area contributed by atoms with Crippen LogP contribution in [0, 0.1) is 10.1 Å². The fraction of sp³-hybridized carbons (Fsp3) is 0.538. The lowest BCUT2D eigenvalue weighted by atomic mass is 10.1. The van der Waals surface area contributed by atoms with Crippen LogP contribution in [-0.2, 0) is 6.54 Å². The zero-order valence-corrected chi connectivity index (χ0v) is 11.2. The third kappa shape index (κ3) is 2.49. The van der Waals surface area contributed by atoms with E-state index in [1.165, 1.54) is 25.5 Å². The molecule has 7 heteroatoms. The Morgan fingerprint density at radius 2 is 2.00 bits per heavy atom. The van der Waals surface area contributed by atoms with Crippen molar-refractivity contribution in [1.82, 2.24) is 19.4 Å². The average molecular weight is 275 g/mol. The van der Waals surface area contributed by atoms with Gasteiger partial charge in [0.25, 0.3) is 0 Å². The van der Waals surface area contributed by atoms with E-state index in [0.717, 1.165) is 26.2 Å². The molecule has 0 bridgehead atoms. The van der Waals surface area contributed by atoms with Crippen molar-refractivity contribution in [2.45, 2.75) is 25.8 Å². The van der Waals surface area contributed by atoms with E-state index in [9.17, 15) is 10.1 Å². The van der Waals surface area contributed by atoms with Gasteiger partial charge in [0, 0.05) is 13.1 Å². The Balaban J connectivity index is 1.82. The Morgan fingerprint density at radius 3 is 2.75 bits per heavy atom. The molecule has 1 aliphatic rings. The standard InChI is InChI=1S/C13H17N5O2/c19-18(20)12-9-14-8-11-13(12)17(10-15-11)7-6-16-4-2-1-3-5-16/h8-10H,1-7H2. The van der Waals surface area contributed by atoms with Gasteiger partial charge in [-0.05, 0) is 25.9 Å². The van der Waals surface area contributed by atoms with E-state index >= 15 is 0 Å². The number of nitro groups is 1. The molecule has 0 aromatic carbocycles. The second-order valence-corrected chi connectivity index (χ2v) is 5.12. The van der Waals surface area contributed by atoms with E-state index in [-0.39, 0.29) is 5.69 Å². The van der Waals surface area contributed by atoms with Crippen molar-refractivity contribution < 1.29 is 4.92 Å². The topological polar surface area (TPSA) is 77.1 Å². The van der Waals surface area contributed by atoms with Gasteiger partial charge in [0.05, 0.1) is 17.4 Å². The zero-order chi connectivity index (χ0) is 13.9. The number of imidazole rings is 1. The molecule has 1 fully saturated rings. The van der Waals surface area contributed by atoms with Gasteiger partial charge in [0.15, 0.2) is 5.52 Å². The van der Waals surface area contributed by atoms with Crippen molar-refractivity contribution in [3.05, 3.63) is 28.8 Å². The quantitative estimate of drug-likeness (QED) is 0.628. The zero-order valence-electron chi connectivity index (χ0n) is 11.2. The number of rotatable bonds is 4. The Morgan fingerprint density at radius 1 is 1.20 bits per heavy atom. The molecule has 20 heavy (non-hydrogen) atoms. The summed E-state index contributed by atoms with van der Waals surface area (Å²) in [5.74, 6) is 0. The van der Waals surface area contributed by atoms with Crippen LogP contribution in [0.25, 0.3) is 11.0 Å². The molecule has 0 radical (unpaired) electrons. The van der Waals surface area contributed by atoms with Crippen LogP contribution < -0.4 is 0 Å². The fourth-order valence-electron chi connectivity index (χ4n) is 2.75. The lowest BCUT2D eigenvalue weighted by Crippen LogP contribution is -2.32. The number of likely N-dealkylation sites (tertiary alicyclic amines) is 1. The summed E-state index contributed by atoms with van der Waals surface area (Å²) in [5.41, 5.74) is 1.18. The van der Waals surface area contributed by atoms with Crippen LogP contribution in [0.5, 0.6) is 0 Å². The molecule has 3 heterocycles. The third-order valence-corrected chi connectivity index (χ3v) is 3.80. The van der Waals surface area contributed by atoms with Crippen LogP contribution in [0.4, 0.5) is 5.69 Å². The van der Waals surface area contributed by atoms with Gasteiger partial charge in [0.2, 0.25) is 0 Å². The van der Waals surface area contributed by atoms with E-state index < -0.39 is 4.92 Å². The number of aromatic nitrogens is 3. The van der Waals surface area contributed by atoms with Gasteiger partial charge in [0.1, 0.15) is 11.7 Å². The maximum absolute atomic E-state index is 11.1. The van der Waals surface area contributed by atoms with Crippen molar-refractivity contribution in [2.75, 3.05) is 19.6 Å². The first kappa shape index (κ1) is 13.0. The van der Waals surface area contributed by atoms with Gasteiger partial charge in [-0.15, -0.1) is 0 Å². The van der Waals surface area contributed by atoms with E-state index in [1.807, 2.05) is 4.57 Å². The first-order chi connectivity index (χ1) is 9.75. The van der Waals surface area contributed by atoms with Gasteiger partial charge in [-0.25, -0.2) is 4.98 Å². The number of hydrogen-bond acceptors (Lipinski definition) is 5. The predicted octanol–water partition coefficient (Wildman–Crippen LogP) is 1.83. The molecule has 0 spiro atoms. The van der Waals surface area contributed by atoms with Crippen LogP contribution in [0.15, 0.2) is 18.7 Å². The molecule has 3 rings (SSSR count). The van der Waals surface area contributed by atoms with Gasteiger partial charge >= 0.3 is 5.69 Å². The summed E-state index contributed by atoms with van der Waals surface area (Å²) in [6.45, 7) is 3.87. The van der Waals surface area contributed by atoms with E-state index in [4.69, 9.17) is 0 Å². The van der Waals surface area contributed by atoms with Crippen LogP contribution in [0.1, 0.15) is 19.3 Å². The second-order valence-electron chi connectivity index (χ2n) is 5.12. The first-order valence-electron chi connectivity index (χ1n) is 6.91. The minimum absolute atomic E-state index is 0.0265. The average Bonchev–Trinajstić information content (AvgIpc) is 2.89. The molecule has 106 valence electrons. The maximum atomic E-state index is 11.1. The number of piperidine rings is 1. The molecule has 0 atom stereocenters. The van der Waals surface area contributed by atoms with Gasteiger partial charge in [-0.1, -0.05) is 6.42 Å². The third-order valence-electron chi connectivity index (χ3n) is 3.80. The van der Waals surface area contributed by atoms with E-state index in [2.05, 4.69) is 14.9 Å². The molecule has 1 aliphatic heterocycles. The van der Waals surface area contributed by atoms with Gasteiger partial charge in [-0.2, -0.15) is 0 Å². The molecule has 2 aromatic heterocycles. The Bertz CT molecular complexity index is 618. The molecule has 0 aliphatic carbocycles. The summed E-state index contributed by atoms with van der Waals surface area (Å²) in [5, 5.41) is 11.1. The summed E-state index contributed by atoms with van der Waals surface area (Å²) >= 11 is 0. The van der Waals surface area contributed by atoms with Crippen LogP contribution >= 0.6 is 0 Å². The molecule has 0 unspecified atom stereocenters. The van der Waals surface area contributed by atoms with Gasteiger partial charge < -0.3 is 9.47 Å². The highest BCUT2D eigenvalue weighted by Gasteiger charge is 2.18. The largest absolute Gasteiger partial charge is 0.324 e. The normalized spacial score (nSPS) is 16.6. The summed E-state index contributed by atoms with van der Waals surface area (Å²) < 4.78 is 1.86. The second kappa shape index (κ2) is 5.54. The highest BCUT2D eigenvalue weighted by molar-refractivity contribution is 5.83. The van der Waals surface area contributed by atoms with E-state index in [1.54, 1.807) is 12.5 Å². The maximum Gasteiger partial charge on any atom is 0.313 e. The van der Waals surface area contributed by atoms with Gasteiger partial charge in [-0.3, -0.25) is 15.1 Å². The van der Waals surface area contributed by atoms with Crippen molar-refractivity contribution in [3.8, 4) is 0 Å². The number of pyridine rings is 1. The highest BCUT2D eigenvalue weighted by atomic mass is 16.6. The number of nitrogens with zero attached hydrogens (tertiary/aromatic N) is 5. The minimum Gasteiger partial charge on any atom is -0.324 e. The summed E-state index contributed by atoms with van der Waals surface area (Å²) in [6, 6.07) is 0. The molecule has 0 amide bonds. The first-order valence-corrected chi connectivity index (χ1v) is 6.91. The molecular weight excluding hydrogens is 258 g/mol. The van der Waals surface area contributed by atoms with Crippen LogP contribution in [-0.4, -0.2) is 44.0 Å². The number of hydrogen-bond donors (Lipinski definition) is 0. The molecule has 7 nitrogen and oxygen atoms in total. The SMILES string of the molecule is O=[N+]([O-])c1cncc2ncn(CCN3CCCCC3)c12. The molecule has 0 N–H and O–H groups in total. The smallest absolute Gasteiger partial charge is 0.313 e. The molecule has 0 saturated carbocycles. The monoisotopic (exact) mass is 275 g/mol. The van der Waals surface area contributed by atoms with Crippen molar-refractivity contribution in [1.29, 1.82) is 0 Å². The van der Waals surface area contributed by atoms with Crippen molar-refractivity contribution >= 4 is 16.7 Å². The molecule has 2 aromatic rings. The Kier molecular flexibility index (Phi) is 3.60. The summed E-state index contributed by atoms with van der Waals surface area (Å²) in [7, 11) is 0. The van der Waals surface area contributed by atoms with Crippen molar-refractivity contribution in [3.63, 3.8) is 0 Å². The lowest BCUT2D eigenvalue weighted by Gasteiger charge is -2.26. The summed E-state index contributed by atoms with van der Waals surface area (Å²) in [4.78, 5) is 21.2. The number of fused-ring (bicyclic) bond motifs is 1. The molecule has 1 saturated heterocycles. The van der Waals surface area contributed by atoms with Crippen molar-refractivity contribution in [2.24, 2.45) is 0 Å². The highest BCUT2D eigenvalue weighted by Crippen LogP contribution is 2.23. The Hall–Kier alpha value is -2.02.